The molecule has 1 aliphatic heterocycles. The second kappa shape index (κ2) is 3.68. The number of carbonyl (C=O) groups is 1. The number of hydrogen-bond donors (Lipinski definition) is 1. The Morgan fingerprint density at radius 2 is 2.23 bits per heavy atom. The zero-order valence-electron chi connectivity index (χ0n) is 8.16. The molecule has 4 nitrogen and oxygen atoms in total. The fourth-order valence-electron chi connectivity index (χ4n) is 1.32. The first-order chi connectivity index (χ1) is 6.07. The fourth-order valence-corrected chi connectivity index (χ4v) is 1.32. The van der Waals surface area contributed by atoms with Crippen LogP contribution >= 0.6 is 0 Å². The summed E-state index contributed by atoms with van der Waals surface area (Å²) in [7, 11) is 0. The van der Waals surface area contributed by atoms with Crippen molar-refractivity contribution >= 4 is 5.97 Å². The number of ether oxygens (including phenoxy) is 2. The van der Waals surface area contributed by atoms with Crippen molar-refractivity contribution in [3.05, 3.63) is 11.5 Å². The molecule has 0 radical (unpaired) electrons. The molecule has 0 bridgehead atoms. The second-order valence-corrected chi connectivity index (χ2v) is 3.11. The van der Waals surface area contributed by atoms with Crippen LogP contribution in [0.4, 0.5) is 0 Å². The Morgan fingerprint density at radius 3 is 2.62 bits per heavy atom. The third-order valence-electron chi connectivity index (χ3n) is 2.23. The molecule has 13 heavy (non-hydrogen) atoms. The molecule has 0 amide bonds. The molecule has 0 aromatic rings. The van der Waals surface area contributed by atoms with Crippen LogP contribution in [0.15, 0.2) is 11.5 Å². The number of esters is 1. The van der Waals surface area contributed by atoms with Gasteiger partial charge in [-0.15, -0.1) is 0 Å². The number of hydrogen-bond acceptors (Lipinski definition) is 4. The molecule has 0 saturated carbocycles. The van der Waals surface area contributed by atoms with Crippen molar-refractivity contribution in [1.82, 2.24) is 0 Å². The molecule has 4 heteroatoms. The van der Waals surface area contributed by atoms with Crippen LogP contribution in [0.2, 0.25) is 0 Å². The van der Waals surface area contributed by atoms with Gasteiger partial charge in [0.15, 0.2) is 5.88 Å². The third-order valence-corrected chi connectivity index (χ3v) is 2.23. The molecule has 0 aliphatic carbocycles. The minimum absolute atomic E-state index is 0.0130. The highest BCUT2D eigenvalue weighted by molar-refractivity contribution is 5.90. The highest BCUT2D eigenvalue weighted by atomic mass is 16.5. The van der Waals surface area contributed by atoms with Gasteiger partial charge in [0.05, 0.1) is 6.61 Å². The van der Waals surface area contributed by atoms with Gasteiger partial charge in [-0.25, -0.2) is 4.79 Å². The van der Waals surface area contributed by atoms with Crippen LogP contribution < -0.4 is 5.73 Å². The number of nitrogens with two attached hydrogens (primary N) is 1. The quantitative estimate of drug-likeness (QED) is 0.645. The van der Waals surface area contributed by atoms with Crippen molar-refractivity contribution in [2.24, 2.45) is 11.7 Å². The van der Waals surface area contributed by atoms with E-state index in [9.17, 15) is 4.79 Å². The van der Waals surface area contributed by atoms with E-state index in [4.69, 9.17) is 15.2 Å². The summed E-state index contributed by atoms with van der Waals surface area (Å²) < 4.78 is 10.1. The van der Waals surface area contributed by atoms with Gasteiger partial charge in [-0.3, -0.25) is 0 Å². The Morgan fingerprint density at radius 1 is 1.62 bits per heavy atom. The Kier molecular flexibility index (Phi) is 2.80. The van der Waals surface area contributed by atoms with Crippen LogP contribution in [-0.4, -0.2) is 18.7 Å². The fraction of sp³-hybridized carbons (Fsp3) is 0.667. The van der Waals surface area contributed by atoms with Crippen LogP contribution in [-0.2, 0) is 14.3 Å². The third kappa shape index (κ3) is 1.76. The molecule has 74 valence electrons. The maximum atomic E-state index is 11.4. The van der Waals surface area contributed by atoms with Crippen molar-refractivity contribution in [2.45, 2.75) is 26.9 Å². The lowest BCUT2D eigenvalue weighted by molar-refractivity contribution is -0.139. The van der Waals surface area contributed by atoms with Crippen LogP contribution in [0.25, 0.3) is 0 Å². The molecule has 2 atom stereocenters. The van der Waals surface area contributed by atoms with E-state index in [2.05, 4.69) is 0 Å². The van der Waals surface area contributed by atoms with E-state index >= 15 is 0 Å². The highest BCUT2D eigenvalue weighted by Gasteiger charge is 2.34. The highest BCUT2D eigenvalue weighted by Crippen LogP contribution is 2.28. The first-order valence-corrected chi connectivity index (χ1v) is 4.41. The standard InChI is InChI=1S/C9H15NO3/c1-4-12-9(11)7-5(2)6(3)13-8(7)10/h5-6H,4,10H2,1-3H3/t5-,6+/m1/s1. The van der Waals surface area contributed by atoms with Crippen LogP contribution in [0.1, 0.15) is 20.8 Å². The second-order valence-electron chi connectivity index (χ2n) is 3.11. The van der Waals surface area contributed by atoms with E-state index in [-0.39, 0.29) is 23.9 Å². The summed E-state index contributed by atoms with van der Waals surface area (Å²) in [6.45, 7) is 5.90. The van der Waals surface area contributed by atoms with Gasteiger partial charge in [0, 0.05) is 5.92 Å². The number of carbonyl (C=O) groups excluding carboxylic acids is 1. The van der Waals surface area contributed by atoms with Gasteiger partial charge in [0.25, 0.3) is 0 Å². The molecule has 0 fully saturated rings. The predicted octanol–water partition coefficient (Wildman–Crippen LogP) is 0.775. The average Bonchev–Trinajstić information content (AvgIpc) is 2.27. The van der Waals surface area contributed by atoms with Crippen molar-refractivity contribution in [2.75, 3.05) is 6.61 Å². The van der Waals surface area contributed by atoms with Gasteiger partial charge in [-0.05, 0) is 13.8 Å². The Labute approximate surface area is 77.7 Å². The van der Waals surface area contributed by atoms with Gasteiger partial charge >= 0.3 is 5.97 Å². The van der Waals surface area contributed by atoms with Crippen molar-refractivity contribution in [3.63, 3.8) is 0 Å². The number of rotatable bonds is 2. The van der Waals surface area contributed by atoms with Crippen LogP contribution in [0, 0.1) is 5.92 Å². The summed E-state index contributed by atoms with van der Waals surface area (Å²) in [5.74, 6) is -0.144. The van der Waals surface area contributed by atoms with E-state index in [1.165, 1.54) is 0 Å². The molecule has 1 aliphatic rings. The molecule has 1 rings (SSSR count). The molecule has 0 saturated heterocycles. The van der Waals surface area contributed by atoms with Gasteiger partial charge in [-0.2, -0.15) is 0 Å². The summed E-state index contributed by atoms with van der Waals surface area (Å²) in [4.78, 5) is 11.4. The molecular weight excluding hydrogens is 170 g/mol. The average molecular weight is 185 g/mol. The van der Waals surface area contributed by atoms with E-state index in [0.717, 1.165) is 0 Å². The summed E-state index contributed by atoms with van der Waals surface area (Å²) >= 11 is 0. The summed E-state index contributed by atoms with van der Waals surface area (Å²) in [6.07, 6.45) is -0.0422. The Balaban J connectivity index is 2.78. The summed E-state index contributed by atoms with van der Waals surface area (Å²) in [5, 5.41) is 0. The smallest absolute Gasteiger partial charge is 0.339 e. The lowest BCUT2D eigenvalue weighted by atomic mass is 9.99. The zero-order valence-corrected chi connectivity index (χ0v) is 8.16. The SMILES string of the molecule is CCOC(=O)C1=C(N)O[C@@H](C)[C@H]1C. The topological polar surface area (TPSA) is 61.5 Å². The molecule has 0 unspecified atom stereocenters. The maximum absolute atomic E-state index is 11.4. The van der Waals surface area contributed by atoms with Gasteiger partial charge in [-0.1, -0.05) is 6.92 Å². The van der Waals surface area contributed by atoms with Gasteiger partial charge < -0.3 is 15.2 Å². The normalized spacial score (nSPS) is 27.3. The van der Waals surface area contributed by atoms with E-state index in [1.54, 1.807) is 6.92 Å². The lowest BCUT2D eigenvalue weighted by Crippen LogP contribution is -2.17. The largest absolute Gasteiger partial charge is 0.475 e. The van der Waals surface area contributed by atoms with Crippen molar-refractivity contribution in [1.29, 1.82) is 0 Å². The van der Waals surface area contributed by atoms with Crippen LogP contribution in [0.3, 0.4) is 0 Å². The van der Waals surface area contributed by atoms with Crippen LogP contribution in [0.5, 0.6) is 0 Å². The zero-order chi connectivity index (χ0) is 10.0. The minimum atomic E-state index is -0.364. The van der Waals surface area contributed by atoms with Crippen molar-refractivity contribution < 1.29 is 14.3 Å². The first kappa shape index (κ1) is 9.89. The monoisotopic (exact) mass is 185 g/mol. The Bertz CT molecular complexity index is 247. The van der Waals surface area contributed by atoms with Gasteiger partial charge in [0.2, 0.25) is 0 Å². The molecule has 1 heterocycles. The molecule has 0 aromatic heterocycles. The van der Waals surface area contributed by atoms with Gasteiger partial charge in [0.1, 0.15) is 11.7 Å². The van der Waals surface area contributed by atoms with E-state index in [1.807, 2.05) is 13.8 Å². The molecule has 2 N–H and O–H groups in total. The first-order valence-electron chi connectivity index (χ1n) is 4.41. The lowest BCUT2D eigenvalue weighted by Gasteiger charge is -2.10. The predicted molar refractivity (Wildman–Crippen MR) is 47.6 cm³/mol. The van der Waals surface area contributed by atoms with Crippen molar-refractivity contribution in [3.8, 4) is 0 Å². The Hall–Kier alpha value is -1.19. The van der Waals surface area contributed by atoms with E-state index < -0.39 is 0 Å². The minimum Gasteiger partial charge on any atom is -0.475 e. The molecule has 0 spiro atoms. The molecular formula is C9H15NO3. The van der Waals surface area contributed by atoms with E-state index in [0.29, 0.717) is 12.2 Å². The molecule has 0 aromatic carbocycles. The summed E-state index contributed by atoms with van der Waals surface area (Å²) in [6, 6.07) is 0. The summed E-state index contributed by atoms with van der Waals surface area (Å²) in [5.41, 5.74) is 6.01. The maximum Gasteiger partial charge on any atom is 0.339 e.